The lowest BCUT2D eigenvalue weighted by molar-refractivity contribution is 0.0684. The zero-order chi connectivity index (χ0) is 14.7. The van der Waals surface area contributed by atoms with Crippen LogP contribution in [0.15, 0.2) is 24.7 Å². The van der Waals surface area contributed by atoms with Crippen LogP contribution in [0.4, 0.5) is 0 Å². The number of nitrogens with zero attached hydrogens (tertiary/aromatic N) is 3. The SMILES string of the molecule is Cc1ccc(OCc2cncn2C(C)C)c(C(=O)O)n1. The Labute approximate surface area is 117 Å². The van der Waals surface area contributed by atoms with Gasteiger partial charge in [0.25, 0.3) is 0 Å². The van der Waals surface area contributed by atoms with Gasteiger partial charge in [-0.15, -0.1) is 0 Å². The van der Waals surface area contributed by atoms with Crippen molar-refractivity contribution in [1.29, 1.82) is 0 Å². The third-order valence-corrected chi connectivity index (χ3v) is 2.88. The molecule has 0 unspecified atom stereocenters. The number of carboxylic acids is 1. The highest BCUT2D eigenvalue weighted by atomic mass is 16.5. The van der Waals surface area contributed by atoms with Crippen LogP contribution in [0.1, 0.15) is 41.8 Å². The Hall–Kier alpha value is -2.37. The van der Waals surface area contributed by atoms with Crippen molar-refractivity contribution >= 4 is 5.97 Å². The van der Waals surface area contributed by atoms with Gasteiger partial charge in [0, 0.05) is 11.7 Å². The molecule has 6 heteroatoms. The van der Waals surface area contributed by atoms with Crippen molar-refractivity contribution in [3.05, 3.63) is 41.7 Å². The fourth-order valence-corrected chi connectivity index (χ4v) is 1.87. The largest absolute Gasteiger partial charge is 0.485 e. The number of ether oxygens (including phenoxy) is 1. The highest BCUT2D eigenvalue weighted by molar-refractivity contribution is 5.88. The zero-order valence-electron chi connectivity index (χ0n) is 11.7. The Morgan fingerprint density at radius 1 is 1.45 bits per heavy atom. The van der Waals surface area contributed by atoms with Gasteiger partial charge in [0.1, 0.15) is 6.61 Å². The van der Waals surface area contributed by atoms with Crippen LogP contribution in [0.2, 0.25) is 0 Å². The molecule has 2 heterocycles. The summed E-state index contributed by atoms with van der Waals surface area (Å²) in [7, 11) is 0. The summed E-state index contributed by atoms with van der Waals surface area (Å²) in [6.45, 7) is 6.08. The van der Waals surface area contributed by atoms with E-state index in [1.54, 1.807) is 31.6 Å². The second-order valence-corrected chi connectivity index (χ2v) is 4.78. The molecule has 106 valence electrons. The minimum absolute atomic E-state index is 0.0689. The van der Waals surface area contributed by atoms with E-state index in [4.69, 9.17) is 9.84 Å². The molecule has 2 rings (SSSR count). The van der Waals surface area contributed by atoms with Gasteiger partial charge in [0.2, 0.25) is 0 Å². The fourth-order valence-electron chi connectivity index (χ4n) is 1.87. The lowest BCUT2D eigenvalue weighted by atomic mass is 10.3. The summed E-state index contributed by atoms with van der Waals surface area (Å²) >= 11 is 0. The van der Waals surface area contributed by atoms with Crippen LogP contribution in [-0.2, 0) is 6.61 Å². The van der Waals surface area contributed by atoms with Gasteiger partial charge in [-0.2, -0.15) is 0 Å². The molecule has 0 aliphatic heterocycles. The van der Waals surface area contributed by atoms with Crippen LogP contribution in [0.25, 0.3) is 0 Å². The summed E-state index contributed by atoms with van der Waals surface area (Å²) in [6.07, 6.45) is 3.44. The maximum absolute atomic E-state index is 11.2. The minimum Gasteiger partial charge on any atom is -0.485 e. The Bertz CT molecular complexity index is 620. The number of hydrogen-bond donors (Lipinski definition) is 1. The Morgan fingerprint density at radius 3 is 2.85 bits per heavy atom. The monoisotopic (exact) mass is 275 g/mol. The molecule has 1 N–H and O–H groups in total. The van der Waals surface area contributed by atoms with E-state index >= 15 is 0 Å². The molecule has 0 saturated heterocycles. The Morgan fingerprint density at radius 2 is 2.20 bits per heavy atom. The number of rotatable bonds is 5. The number of hydrogen-bond acceptors (Lipinski definition) is 4. The quantitative estimate of drug-likeness (QED) is 0.906. The average molecular weight is 275 g/mol. The van der Waals surface area contributed by atoms with Crippen LogP contribution in [0, 0.1) is 6.92 Å². The molecule has 0 fully saturated rings. The summed E-state index contributed by atoms with van der Waals surface area (Å²) in [5.41, 5.74) is 1.46. The topological polar surface area (TPSA) is 77.2 Å². The van der Waals surface area contributed by atoms with Crippen LogP contribution >= 0.6 is 0 Å². The summed E-state index contributed by atoms with van der Waals surface area (Å²) in [4.78, 5) is 19.2. The van der Waals surface area contributed by atoms with Crippen molar-refractivity contribution in [2.75, 3.05) is 0 Å². The second kappa shape index (κ2) is 5.73. The van der Waals surface area contributed by atoms with E-state index in [0.29, 0.717) is 5.69 Å². The summed E-state index contributed by atoms with van der Waals surface area (Å²) in [6, 6.07) is 3.62. The molecule has 0 spiro atoms. The van der Waals surface area contributed by atoms with Gasteiger partial charge < -0.3 is 14.4 Å². The number of imidazole rings is 1. The normalized spacial score (nSPS) is 10.8. The maximum atomic E-state index is 11.2. The molecule has 0 aliphatic rings. The van der Waals surface area contributed by atoms with Crippen molar-refractivity contribution in [1.82, 2.24) is 14.5 Å². The number of aryl methyl sites for hydroxylation is 1. The molecule has 0 aromatic carbocycles. The number of carbonyl (C=O) groups is 1. The van der Waals surface area contributed by atoms with Gasteiger partial charge in [-0.25, -0.2) is 14.8 Å². The smallest absolute Gasteiger partial charge is 0.358 e. The summed E-state index contributed by atoms with van der Waals surface area (Å²) in [5, 5.41) is 9.13. The molecule has 2 aromatic heterocycles. The number of aromatic nitrogens is 3. The number of carboxylic acid groups (broad SMARTS) is 1. The van der Waals surface area contributed by atoms with Crippen LogP contribution in [0.3, 0.4) is 0 Å². The van der Waals surface area contributed by atoms with E-state index in [1.807, 2.05) is 18.4 Å². The average Bonchev–Trinajstić information content (AvgIpc) is 2.85. The number of pyridine rings is 1. The first kappa shape index (κ1) is 14.0. The molecule has 0 amide bonds. The Balaban J connectivity index is 2.19. The fraction of sp³-hybridized carbons (Fsp3) is 0.357. The predicted molar refractivity (Wildman–Crippen MR) is 72.9 cm³/mol. The first-order valence-corrected chi connectivity index (χ1v) is 6.33. The van der Waals surface area contributed by atoms with Crippen LogP contribution in [-0.4, -0.2) is 25.6 Å². The van der Waals surface area contributed by atoms with Crippen molar-refractivity contribution in [3.63, 3.8) is 0 Å². The van der Waals surface area contributed by atoms with E-state index in [2.05, 4.69) is 9.97 Å². The van der Waals surface area contributed by atoms with Gasteiger partial charge in [-0.1, -0.05) is 0 Å². The molecule has 6 nitrogen and oxygen atoms in total. The lowest BCUT2D eigenvalue weighted by Gasteiger charge is -2.13. The molecule has 0 radical (unpaired) electrons. The van der Waals surface area contributed by atoms with Gasteiger partial charge in [0.05, 0.1) is 18.2 Å². The molecule has 0 bridgehead atoms. The summed E-state index contributed by atoms with van der Waals surface area (Å²) in [5.74, 6) is -0.833. The number of aromatic carboxylic acids is 1. The second-order valence-electron chi connectivity index (χ2n) is 4.78. The molecule has 20 heavy (non-hydrogen) atoms. The zero-order valence-corrected chi connectivity index (χ0v) is 11.7. The van der Waals surface area contributed by atoms with E-state index < -0.39 is 5.97 Å². The summed E-state index contributed by atoms with van der Waals surface area (Å²) < 4.78 is 7.56. The third kappa shape index (κ3) is 2.96. The molecular formula is C14H17N3O3. The molecule has 0 saturated carbocycles. The van der Waals surface area contributed by atoms with Gasteiger partial charge in [0.15, 0.2) is 11.4 Å². The minimum atomic E-state index is -1.10. The standard InChI is InChI=1S/C14H17N3O3/c1-9(2)17-8-15-6-11(17)7-20-12-5-4-10(3)16-13(12)14(18)19/h4-6,8-9H,7H2,1-3H3,(H,18,19). The van der Waals surface area contributed by atoms with Gasteiger partial charge in [-0.05, 0) is 32.9 Å². The maximum Gasteiger partial charge on any atom is 0.358 e. The molecular weight excluding hydrogens is 258 g/mol. The predicted octanol–water partition coefficient (Wildman–Crippen LogP) is 2.44. The van der Waals surface area contributed by atoms with E-state index in [0.717, 1.165) is 5.69 Å². The third-order valence-electron chi connectivity index (χ3n) is 2.88. The molecule has 0 aliphatic carbocycles. The van der Waals surface area contributed by atoms with Crippen molar-refractivity contribution in [2.45, 2.75) is 33.4 Å². The van der Waals surface area contributed by atoms with Gasteiger partial charge in [-0.3, -0.25) is 0 Å². The Kier molecular flexibility index (Phi) is 4.02. The first-order valence-electron chi connectivity index (χ1n) is 6.33. The van der Waals surface area contributed by atoms with Crippen LogP contribution in [0.5, 0.6) is 5.75 Å². The van der Waals surface area contributed by atoms with E-state index in [9.17, 15) is 4.79 Å². The lowest BCUT2D eigenvalue weighted by Crippen LogP contribution is -2.10. The van der Waals surface area contributed by atoms with Crippen LogP contribution < -0.4 is 4.74 Å². The van der Waals surface area contributed by atoms with Crippen molar-refractivity contribution in [3.8, 4) is 5.75 Å². The highest BCUT2D eigenvalue weighted by Gasteiger charge is 2.14. The highest BCUT2D eigenvalue weighted by Crippen LogP contribution is 2.19. The molecule has 0 atom stereocenters. The molecule has 2 aromatic rings. The van der Waals surface area contributed by atoms with E-state index in [1.165, 1.54) is 0 Å². The van der Waals surface area contributed by atoms with Crippen molar-refractivity contribution in [2.24, 2.45) is 0 Å². The first-order chi connectivity index (χ1) is 9.49. The van der Waals surface area contributed by atoms with E-state index in [-0.39, 0.29) is 24.1 Å². The van der Waals surface area contributed by atoms with Gasteiger partial charge >= 0.3 is 5.97 Å². The van der Waals surface area contributed by atoms with Crippen molar-refractivity contribution < 1.29 is 14.6 Å².